The van der Waals surface area contributed by atoms with E-state index in [0.717, 1.165) is 12.8 Å². The Hall–Kier alpha value is -1.91. The van der Waals surface area contributed by atoms with Gasteiger partial charge in [0.1, 0.15) is 11.7 Å². The third-order valence-electron chi connectivity index (χ3n) is 2.83. The van der Waals surface area contributed by atoms with Gasteiger partial charge in [-0.15, -0.1) is 0 Å². The molecule has 1 aliphatic carbocycles. The molecule has 0 spiro atoms. The molecule has 1 unspecified atom stereocenters. The fourth-order valence-corrected chi connectivity index (χ4v) is 1.75. The van der Waals surface area contributed by atoms with E-state index in [9.17, 15) is 9.59 Å². The first-order valence-corrected chi connectivity index (χ1v) is 5.57. The van der Waals surface area contributed by atoms with Crippen molar-refractivity contribution in [3.63, 3.8) is 0 Å². The minimum absolute atomic E-state index is 0.0515. The van der Waals surface area contributed by atoms with Crippen molar-refractivity contribution in [2.24, 2.45) is 0 Å². The standard InChI is InChI=1S/C12H14N2O3/c1-8(12(16)17)14(9-5-6-9)11(15)10-4-2-3-7-13-10/h2-4,7-9H,5-6H2,1H3,(H,16,17). The van der Waals surface area contributed by atoms with Crippen molar-refractivity contribution in [2.75, 3.05) is 0 Å². The largest absolute Gasteiger partial charge is 0.480 e. The lowest BCUT2D eigenvalue weighted by atomic mass is 10.2. The first-order valence-electron chi connectivity index (χ1n) is 5.57. The van der Waals surface area contributed by atoms with E-state index in [0.29, 0.717) is 5.69 Å². The Morgan fingerprint density at radius 1 is 1.47 bits per heavy atom. The first-order chi connectivity index (χ1) is 8.11. The minimum Gasteiger partial charge on any atom is -0.480 e. The number of hydrogen-bond donors (Lipinski definition) is 1. The van der Waals surface area contributed by atoms with Crippen LogP contribution in [0.5, 0.6) is 0 Å². The predicted molar refractivity (Wildman–Crippen MR) is 60.5 cm³/mol. The van der Waals surface area contributed by atoms with Gasteiger partial charge < -0.3 is 10.0 Å². The van der Waals surface area contributed by atoms with Crippen LogP contribution >= 0.6 is 0 Å². The second-order valence-corrected chi connectivity index (χ2v) is 4.17. The summed E-state index contributed by atoms with van der Waals surface area (Å²) in [6, 6.07) is 4.29. The van der Waals surface area contributed by atoms with Crippen molar-refractivity contribution >= 4 is 11.9 Å². The molecule has 1 aromatic heterocycles. The van der Waals surface area contributed by atoms with Gasteiger partial charge in [0.15, 0.2) is 0 Å². The van der Waals surface area contributed by atoms with Gasteiger partial charge in [-0.25, -0.2) is 4.79 Å². The molecule has 5 heteroatoms. The molecular weight excluding hydrogens is 220 g/mol. The molecule has 2 rings (SSSR count). The number of pyridine rings is 1. The molecule has 1 amide bonds. The summed E-state index contributed by atoms with van der Waals surface area (Å²) in [6.07, 6.45) is 3.27. The van der Waals surface area contributed by atoms with Gasteiger partial charge in [0, 0.05) is 12.2 Å². The molecule has 1 aliphatic rings. The highest BCUT2D eigenvalue weighted by molar-refractivity contribution is 5.95. The van der Waals surface area contributed by atoms with Gasteiger partial charge in [0.2, 0.25) is 0 Å². The van der Waals surface area contributed by atoms with Gasteiger partial charge >= 0.3 is 5.97 Å². The number of hydrogen-bond acceptors (Lipinski definition) is 3. The Balaban J connectivity index is 2.22. The molecule has 0 saturated heterocycles. The molecule has 0 bridgehead atoms. The fourth-order valence-electron chi connectivity index (χ4n) is 1.75. The van der Waals surface area contributed by atoms with Crippen molar-refractivity contribution < 1.29 is 14.7 Å². The summed E-state index contributed by atoms with van der Waals surface area (Å²) in [7, 11) is 0. The second-order valence-electron chi connectivity index (χ2n) is 4.17. The van der Waals surface area contributed by atoms with Gasteiger partial charge in [-0.3, -0.25) is 9.78 Å². The van der Waals surface area contributed by atoms with Crippen LogP contribution < -0.4 is 0 Å². The zero-order chi connectivity index (χ0) is 12.4. The van der Waals surface area contributed by atoms with E-state index in [1.54, 1.807) is 18.2 Å². The number of carboxylic acids is 1. The first kappa shape index (κ1) is 11.6. The summed E-state index contributed by atoms with van der Waals surface area (Å²) in [4.78, 5) is 28.6. The van der Waals surface area contributed by atoms with E-state index in [1.165, 1.54) is 18.0 Å². The third kappa shape index (κ3) is 2.43. The number of carbonyl (C=O) groups excluding carboxylic acids is 1. The third-order valence-corrected chi connectivity index (χ3v) is 2.83. The molecule has 0 aromatic carbocycles. The van der Waals surface area contributed by atoms with Crippen LogP contribution in [0.2, 0.25) is 0 Å². The van der Waals surface area contributed by atoms with Gasteiger partial charge in [-0.1, -0.05) is 6.07 Å². The molecule has 1 saturated carbocycles. The molecule has 1 heterocycles. The van der Waals surface area contributed by atoms with Crippen LogP contribution in [0, 0.1) is 0 Å². The monoisotopic (exact) mass is 234 g/mol. The van der Waals surface area contributed by atoms with Crippen LogP contribution in [0.15, 0.2) is 24.4 Å². The van der Waals surface area contributed by atoms with E-state index < -0.39 is 12.0 Å². The Morgan fingerprint density at radius 3 is 2.65 bits per heavy atom. The number of rotatable bonds is 4. The van der Waals surface area contributed by atoms with Crippen LogP contribution in [0.3, 0.4) is 0 Å². The normalized spacial score (nSPS) is 16.3. The summed E-state index contributed by atoms with van der Waals surface area (Å²) in [6.45, 7) is 1.53. The lowest BCUT2D eigenvalue weighted by molar-refractivity contribution is -0.141. The molecular formula is C12H14N2O3. The number of aromatic nitrogens is 1. The maximum atomic E-state index is 12.2. The lowest BCUT2D eigenvalue weighted by Crippen LogP contribution is -2.45. The van der Waals surface area contributed by atoms with Gasteiger partial charge in [0.25, 0.3) is 5.91 Å². The zero-order valence-electron chi connectivity index (χ0n) is 9.54. The topological polar surface area (TPSA) is 70.5 Å². The molecule has 1 N–H and O–H groups in total. The van der Waals surface area contributed by atoms with Crippen molar-refractivity contribution in [2.45, 2.75) is 31.8 Å². The van der Waals surface area contributed by atoms with E-state index >= 15 is 0 Å². The number of amides is 1. The Kier molecular flexibility index (Phi) is 3.08. The maximum absolute atomic E-state index is 12.2. The SMILES string of the molecule is CC(C(=O)O)N(C(=O)c1ccccn1)C1CC1. The van der Waals surface area contributed by atoms with Crippen molar-refractivity contribution in [3.05, 3.63) is 30.1 Å². The highest BCUT2D eigenvalue weighted by atomic mass is 16.4. The van der Waals surface area contributed by atoms with Crippen LogP contribution in [0.4, 0.5) is 0 Å². The van der Waals surface area contributed by atoms with Crippen molar-refractivity contribution in [1.29, 1.82) is 0 Å². The quantitative estimate of drug-likeness (QED) is 0.848. The maximum Gasteiger partial charge on any atom is 0.326 e. The second kappa shape index (κ2) is 4.53. The van der Waals surface area contributed by atoms with E-state index in [1.807, 2.05) is 0 Å². The molecule has 5 nitrogen and oxygen atoms in total. The van der Waals surface area contributed by atoms with Gasteiger partial charge in [-0.05, 0) is 31.9 Å². The summed E-state index contributed by atoms with van der Waals surface area (Å²) in [5.74, 6) is -1.29. The van der Waals surface area contributed by atoms with Crippen LogP contribution in [0.25, 0.3) is 0 Å². The Bertz CT molecular complexity index is 429. The van der Waals surface area contributed by atoms with Crippen LogP contribution in [-0.4, -0.2) is 39.0 Å². The number of carboxylic acid groups (broad SMARTS) is 1. The van der Waals surface area contributed by atoms with Gasteiger partial charge in [-0.2, -0.15) is 0 Å². The van der Waals surface area contributed by atoms with Crippen LogP contribution in [-0.2, 0) is 4.79 Å². The average molecular weight is 234 g/mol. The summed E-state index contributed by atoms with van der Waals surface area (Å²) >= 11 is 0. The number of aliphatic carboxylic acids is 1. The zero-order valence-corrected chi connectivity index (χ0v) is 9.54. The number of carbonyl (C=O) groups is 2. The highest BCUT2D eigenvalue weighted by Crippen LogP contribution is 2.29. The lowest BCUT2D eigenvalue weighted by Gasteiger charge is -2.25. The molecule has 1 atom stereocenters. The Morgan fingerprint density at radius 2 is 2.18 bits per heavy atom. The van der Waals surface area contributed by atoms with E-state index in [2.05, 4.69) is 4.98 Å². The predicted octanol–water partition coefficient (Wildman–Crippen LogP) is 1.16. The smallest absolute Gasteiger partial charge is 0.326 e. The summed E-state index contributed by atoms with van der Waals surface area (Å²) in [5, 5.41) is 9.01. The Labute approximate surface area is 99.1 Å². The van der Waals surface area contributed by atoms with E-state index in [4.69, 9.17) is 5.11 Å². The average Bonchev–Trinajstić information content (AvgIpc) is 3.14. The molecule has 1 fully saturated rings. The molecule has 17 heavy (non-hydrogen) atoms. The molecule has 0 radical (unpaired) electrons. The van der Waals surface area contributed by atoms with Crippen molar-refractivity contribution in [3.8, 4) is 0 Å². The molecule has 1 aromatic rings. The summed E-state index contributed by atoms with van der Waals surface area (Å²) in [5.41, 5.74) is 0.299. The minimum atomic E-state index is -0.985. The summed E-state index contributed by atoms with van der Waals surface area (Å²) < 4.78 is 0. The highest BCUT2D eigenvalue weighted by Gasteiger charge is 2.39. The number of nitrogens with zero attached hydrogens (tertiary/aromatic N) is 2. The van der Waals surface area contributed by atoms with Crippen molar-refractivity contribution in [1.82, 2.24) is 9.88 Å². The van der Waals surface area contributed by atoms with E-state index in [-0.39, 0.29) is 11.9 Å². The molecule has 90 valence electrons. The van der Waals surface area contributed by atoms with Crippen LogP contribution in [0.1, 0.15) is 30.3 Å². The van der Waals surface area contributed by atoms with Gasteiger partial charge in [0.05, 0.1) is 0 Å². The molecule has 0 aliphatic heterocycles. The fraction of sp³-hybridized carbons (Fsp3) is 0.417.